The Hall–Kier alpha value is -2.89. The predicted molar refractivity (Wildman–Crippen MR) is 108 cm³/mol. The van der Waals surface area contributed by atoms with E-state index in [1.807, 2.05) is 6.07 Å². The first-order chi connectivity index (χ1) is 13.8. The number of nitriles is 1. The highest BCUT2D eigenvalue weighted by atomic mass is 16.5. The molecule has 0 amide bonds. The summed E-state index contributed by atoms with van der Waals surface area (Å²) in [7, 11) is 4.61. The summed E-state index contributed by atoms with van der Waals surface area (Å²) in [6, 6.07) is 7.53. The second-order valence-corrected chi connectivity index (χ2v) is 7.54. The predicted octanol–water partition coefficient (Wildman–Crippen LogP) is 0.910. The van der Waals surface area contributed by atoms with Crippen molar-refractivity contribution in [1.29, 1.82) is 5.26 Å². The molecule has 3 rings (SSSR count). The molecular formula is C21H26N4O4. The molecule has 2 heterocycles. The molecule has 1 aliphatic rings. The van der Waals surface area contributed by atoms with E-state index in [4.69, 9.17) is 10.00 Å². The first-order valence-electron chi connectivity index (χ1n) is 9.59. The van der Waals surface area contributed by atoms with Crippen molar-refractivity contribution < 1.29 is 9.84 Å². The number of rotatable bonds is 5. The Morgan fingerprint density at radius 2 is 1.97 bits per heavy atom. The molecule has 1 N–H and O–H groups in total. The van der Waals surface area contributed by atoms with Gasteiger partial charge in [-0.05, 0) is 50.0 Å². The van der Waals surface area contributed by atoms with Crippen LogP contribution in [0.2, 0.25) is 0 Å². The quantitative estimate of drug-likeness (QED) is 0.804. The van der Waals surface area contributed by atoms with Gasteiger partial charge < -0.3 is 14.4 Å². The molecule has 0 bridgehead atoms. The van der Waals surface area contributed by atoms with Crippen LogP contribution < -0.4 is 16.0 Å². The molecule has 1 fully saturated rings. The van der Waals surface area contributed by atoms with Crippen molar-refractivity contribution in [1.82, 2.24) is 14.0 Å². The minimum absolute atomic E-state index is 0.0520. The summed E-state index contributed by atoms with van der Waals surface area (Å²) in [5, 5.41) is 19.9. The van der Waals surface area contributed by atoms with Gasteiger partial charge in [0, 0.05) is 32.4 Å². The summed E-state index contributed by atoms with van der Waals surface area (Å²) < 4.78 is 7.76. The Morgan fingerprint density at radius 3 is 2.59 bits per heavy atom. The number of aryl methyl sites for hydroxylation is 1. The van der Waals surface area contributed by atoms with E-state index in [0.29, 0.717) is 12.1 Å². The monoisotopic (exact) mass is 398 g/mol. The number of ether oxygens (including phenoxy) is 1. The van der Waals surface area contributed by atoms with Crippen LogP contribution >= 0.6 is 0 Å². The minimum atomic E-state index is -0.904. The topological polar surface area (TPSA) is 100 Å². The summed E-state index contributed by atoms with van der Waals surface area (Å²) in [5.41, 5.74) is 0.959. The zero-order valence-corrected chi connectivity index (χ0v) is 17.0. The molecule has 1 atom stereocenters. The Balaban J connectivity index is 1.69. The lowest BCUT2D eigenvalue weighted by atomic mass is 9.88. The van der Waals surface area contributed by atoms with Crippen LogP contribution in [0.5, 0.6) is 5.75 Å². The first-order valence-corrected chi connectivity index (χ1v) is 9.59. The van der Waals surface area contributed by atoms with Gasteiger partial charge in [-0.25, -0.2) is 4.79 Å². The summed E-state index contributed by atoms with van der Waals surface area (Å²) in [5.74, 6) is 0.698. The van der Waals surface area contributed by atoms with E-state index in [9.17, 15) is 14.7 Å². The van der Waals surface area contributed by atoms with Crippen molar-refractivity contribution in [2.45, 2.75) is 25.5 Å². The molecule has 0 spiro atoms. The van der Waals surface area contributed by atoms with Gasteiger partial charge in [-0.3, -0.25) is 14.3 Å². The number of hydrogen-bond donors (Lipinski definition) is 1. The van der Waals surface area contributed by atoms with Gasteiger partial charge in [0.15, 0.2) is 0 Å². The molecule has 1 aliphatic heterocycles. The van der Waals surface area contributed by atoms with E-state index in [0.717, 1.165) is 41.8 Å². The Labute approximate surface area is 169 Å². The lowest BCUT2D eigenvalue weighted by Gasteiger charge is -2.34. The highest BCUT2D eigenvalue weighted by molar-refractivity contribution is 5.42. The van der Waals surface area contributed by atoms with E-state index in [-0.39, 0.29) is 11.5 Å². The van der Waals surface area contributed by atoms with Gasteiger partial charge >= 0.3 is 5.69 Å². The number of aromatic nitrogens is 2. The van der Waals surface area contributed by atoms with Gasteiger partial charge in [-0.2, -0.15) is 5.26 Å². The summed E-state index contributed by atoms with van der Waals surface area (Å²) in [6.45, 7) is 2.17. The molecule has 1 aromatic heterocycles. The van der Waals surface area contributed by atoms with Crippen LogP contribution in [0.25, 0.3) is 0 Å². The highest BCUT2D eigenvalue weighted by Gasteiger charge is 2.29. The molecule has 8 heteroatoms. The molecule has 29 heavy (non-hydrogen) atoms. The molecule has 0 radical (unpaired) electrons. The maximum absolute atomic E-state index is 12.4. The lowest BCUT2D eigenvalue weighted by Crippen LogP contribution is -2.41. The van der Waals surface area contributed by atoms with Crippen LogP contribution in [0.3, 0.4) is 0 Å². The van der Waals surface area contributed by atoms with Crippen molar-refractivity contribution in [3.8, 4) is 11.8 Å². The van der Waals surface area contributed by atoms with Crippen LogP contribution in [0, 0.1) is 17.2 Å². The molecule has 1 saturated heterocycles. The van der Waals surface area contributed by atoms with Crippen LogP contribution in [0.1, 0.15) is 35.6 Å². The maximum Gasteiger partial charge on any atom is 0.330 e. The number of likely N-dealkylation sites (tertiary alicyclic amines) is 1. The van der Waals surface area contributed by atoms with Crippen molar-refractivity contribution >= 4 is 0 Å². The number of nitrogens with zero attached hydrogens (tertiary/aromatic N) is 4. The molecular weight excluding hydrogens is 372 g/mol. The molecule has 154 valence electrons. The van der Waals surface area contributed by atoms with E-state index < -0.39 is 17.4 Å². The fraction of sp³-hybridized carbons (Fsp3) is 0.476. The van der Waals surface area contributed by atoms with Gasteiger partial charge in [0.2, 0.25) is 0 Å². The van der Waals surface area contributed by atoms with Gasteiger partial charge in [0.05, 0.1) is 30.4 Å². The average Bonchev–Trinajstić information content (AvgIpc) is 2.74. The van der Waals surface area contributed by atoms with Crippen LogP contribution in [0.4, 0.5) is 0 Å². The summed E-state index contributed by atoms with van der Waals surface area (Å²) in [4.78, 5) is 26.5. The van der Waals surface area contributed by atoms with E-state index in [2.05, 4.69) is 11.0 Å². The molecule has 1 unspecified atom stereocenters. The fourth-order valence-corrected chi connectivity index (χ4v) is 3.93. The summed E-state index contributed by atoms with van der Waals surface area (Å²) in [6.07, 6.45) is 2.00. The number of hydrogen-bond acceptors (Lipinski definition) is 6. The molecule has 8 nitrogen and oxygen atoms in total. The number of benzene rings is 1. The maximum atomic E-state index is 12.4. The fourth-order valence-electron chi connectivity index (χ4n) is 3.93. The first kappa shape index (κ1) is 20.8. The van der Waals surface area contributed by atoms with Crippen LogP contribution in [-0.2, 0) is 20.6 Å². The second-order valence-electron chi connectivity index (χ2n) is 7.54. The van der Waals surface area contributed by atoms with Gasteiger partial charge in [-0.1, -0.05) is 0 Å². The average molecular weight is 398 g/mol. The smallest absolute Gasteiger partial charge is 0.330 e. The third-order valence-electron chi connectivity index (χ3n) is 5.67. The zero-order chi connectivity index (χ0) is 21.1. The van der Waals surface area contributed by atoms with Crippen molar-refractivity contribution in [3.63, 3.8) is 0 Å². The van der Waals surface area contributed by atoms with Gasteiger partial charge in [0.25, 0.3) is 5.56 Å². The summed E-state index contributed by atoms with van der Waals surface area (Å²) >= 11 is 0. The third-order valence-corrected chi connectivity index (χ3v) is 5.67. The van der Waals surface area contributed by atoms with E-state index in [1.54, 1.807) is 26.3 Å². The number of piperidine rings is 1. The molecule has 2 aromatic rings. The Morgan fingerprint density at radius 1 is 1.28 bits per heavy atom. The third kappa shape index (κ3) is 4.26. The zero-order valence-electron chi connectivity index (χ0n) is 17.0. The second kappa shape index (κ2) is 8.64. The molecule has 0 aliphatic carbocycles. The largest absolute Gasteiger partial charge is 0.496 e. The van der Waals surface area contributed by atoms with Gasteiger partial charge in [0.1, 0.15) is 5.75 Å². The lowest BCUT2D eigenvalue weighted by molar-refractivity contribution is 0.0548. The number of aliphatic hydroxyl groups is 1. The Bertz CT molecular complexity index is 1040. The van der Waals surface area contributed by atoms with Crippen LogP contribution in [0.15, 0.2) is 34.0 Å². The van der Waals surface area contributed by atoms with Gasteiger partial charge in [-0.15, -0.1) is 0 Å². The Kier molecular flexibility index (Phi) is 6.20. The normalized spacial score (nSPS) is 16.4. The van der Waals surface area contributed by atoms with E-state index in [1.165, 1.54) is 17.8 Å². The van der Waals surface area contributed by atoms with Crippen molar-refractivity contribution in [2.75, 3.05) is 20.2 Å². The van der Waals surface area contributed by atoms with Crippen molar-refractivity contribution in [3.05, 3.63) is 61.9 Å². The molecule has 0 saturated carbocycles. The minimum Gasteiger partial charge on any atom is -0.496 e. The standard InChI is InChI=1S/C21H26N4O4/c1-23-13-17(20(27)24(2)21(23)28)19(26)15-6-8-25(9-7-15)12-16-10-14(11-22)4-5-18(16)29-3/h4-5,10,13,15,19,26H,6-9,12H2,1-3H3. The highest BCUT2D eigenvalue weighted by Crippen LogP contribution is 2.30. The SMILES string of the molecule is COc1ccc(C#N)cc1CN1CCC(C(O)c2cn(C)c(=O)n(C)c2=O)CC1. The van der Waals surface area contributed by atoms with Crippen molar-refractivity contribution in [2.24, 2.45) is 20.0 Å². The molecule has 1 aromatic carbocycles. The number of aliphatic hydroxyl groups excluding tert-OH is 1. The van der Waals surface area contributed by atoms with E-state index >= 15 is 0 Å². The van der Waals surface area contributed by atoms with Crippen LogP contribution in [-0.4, -0.2) is 39.3 Å². The number of methoxy groups -OCH3 is 1.